The van der Waals surface area contributed by atoms with Crippen LogP contribution in [0, 0.1) is 0 Å². The van der Waals surface area contributed by atoms with Gasteiger partial charge in [0.15, 0.2) is 0 Å². The number of rotatable bonds is 7. The standard InChI is InChI=1S/C12H19BrN2O3/c1-5-18-12(2,3)11(16)10-9(13)8-14-15(10)6-7-17-4/h8H,5-7H2,1-4H3. The molecule has 1 heterocycles. The van der Waals surface area contributed by atoms with Crippen molar-refractivity contribution in [3.05, 3.63) is 16.4 Å². The minimum atomic E-state index is -0.859. The van der Waals surface area contributed by atoms with E-state index in [0.29, 0.717) is 29.9 Å². The highest BCUT2D eigenvalue weighted by atomic mass is 79.9. The molecule has 18 heavy (non-hydrogen) atoms. The van der Waals surface area contributed by atoms with Crippen molar-refractivity contribution >= 4 is 21.7 Å². The molecule has 102 valence electrons. The van der Waals surface area contributed by atoms with Crippen molar-refractivity contribution < 1.29 is 14.3 Å². The number of Topliss-reactive ketones (excluding diaryl/α,β-unsaturated/α-hetero) is 1. The first kappa shape index (κ1) is 15.3. The molecule has 0 fully saturated rings. The highest BCUT2D eigenvalue weighted by molar-refractivity contribution is 9.10. The van der Waals surface area contributed by atoms with Gasteiger partial charge < -0.3 is 9.47 Å². The van der Waals surface area contributed by atoms with Crippen LogP contribution in [0.1, 0.15) is 31.3 Å². The van der Waals surface area contributed by atoms with E-state index in [0.717, 1.165) is 0 Å². The molecular weight excluding hydrogens is 300 g/mol. The van der Waals surface area contributed by atoms with E-state index in [1.807, 2.05) is 6.92 Å². The molecular formula is C12H19BrN2O3. The summed E-state index contributed by atoms with van der Waals surface area (Å²) in [5.41, 5.74) is -0.340. The summed E-state index contributed by atoms with van der Waals surface area (Å²) in [5.74, 6) is -0.0928. The molecule has 1 aromatic heterocycles. The zero-order chi connectivity index (χ0) is 13.8. The van der Waals surface area contributed by atoms with Crippen LogP contribution in [0.2, 0.25) is 0 Å². The smallest absolute Gasteiger partial charge is 0.213 e. The van der Waals surface area contributed by atoms with E-state index < -0.39 is 5.60 Å². The van der Waals surface area contributed by atoms with Crippen LogP contribution in [-0.4, -0.2) is 41.5 Å². The molecule has 1 aromatic rings. The van der Waals surface area contributed by atoms with Gasteiger partial charge in [0.1, 0.15) is 11.3 Å². The van der Waals surface area contributed by atoms with Crippen LogP contribution in [-0.2, 0) is 16.0 Å². The van der Waals surface area contributed by atoms with Crippen molar-refractivity contribution in [2.24, 2.45) is 0 Å². The summed E-state index contributed by atoms with van der Waals surface area (Å²) in [5, 5.41) is 4.16. The molecule has 0 radical (unpaired) electrons. The van der Waals surface area contributed by atoms with Gasteiger partial charge in [0.2, 0.25) is 5.78 Å². The number of nitrogens with zero attached hydrogens (tertiary/aromatic N) is 2. The van der Waals surface area contributed by atoms with Gasteiger partial charge in [-0.25, -0.2) is 0 Å². The average Bonchev–Trinajstić information content (AvgIpc) is 2.66. The van der Waals surface area contributed by atoms with Crippen molar-refractivity contribution in [3.8, 4) is 0 Å². The first-order chi connectivity index (χ1) is 8.44. The lowest BCUT2D eigenvalue weighted by atomic mass is 10.0. The van der Waals surface area contributed by atoms with Crippen LogP contribution in [0.3, 0.4) is 0 Å². The molecule has 0 aliphatic heterocycles. The molecule has 0 amide bonds. The van der Waals surface area contributed by atoms with E-state index in [2.05, 4.69) is 21.0 Å². The van der Waals surface area contributed by atoms with Gasteiger partial charge in [0.05, 0.1) is 23.8 Å². The fourth-order valence-electron chi connectivity index (χ4n) is 1.65. The second kappa shape index (κ2) is 6.45. The van der Waals surface area contributed by atoms with Gasteiger partial charge in [-0.05, 0) is 36.7 Å². The molecule has 5 nitrogen and oxygen atoms in total. The summed E-state index contributed by atoms with van der Waals surface area (Å²) in [6.45, 7) is 6.92. The lowest BCUT2D eigenvalue weighted by Crippen LogP contribution is -2.37. The molecule has 1 rings (SSSR count). The number of carbonyl (C=O) groups excluding carboxylic acids is 1. The SMILES string of the molecule is CCOC(C)(C)C(=O)c1c(Br)cnn1CCOC. The Morgan fingerprint density at radius 1 is 1.56 bits per heavy atom. The molecule has 0 bridgehead atoms. The Bertz CT molecular complexity index is 415. The number of ketones is 1. The third kappa shape index (κ3) is 3.40. The number of hydrogen-bond donors (Lipinski definition) is 0. The van der Waals surface area contributed by atoms with Gasteiger partial charge in [0.25, 0.3) is 0 Å². The molecule has 0 unspecified atom stereocenters. The van der Waals surface area contributed by atoms with Gasteiger partial charge in [-0.1, -0.05) is 0 Å². The van der Waals surface area contributed by atoms with Crippen LogP contribution in [0.4, 0.5) is 0 Å². The monoisotopic (exact) mass is 318 g/mol. The summed E-state index contributed by atoms with van der Waals surface area (Å²) < 4.78 is 12.8. The topological polar surface area (TPSA) is 53.3 Å². The van der Waals surface area contributed by atoms with Crippen molar-refractivity contribution in [3.63, 3.8) is 0 Å². The average molecular weight is 319 g/mol. The number of methoxy groups -OCH3 is 1. The highest BCUT2D eigenvalue weighted by Crippen LogP contribution is 2.23. The summed E-state index contributed by atoms with van der Waals surface area (Å²) >= 11 is 3.35. The maximum atomic E-state index is 12.5. The minimum absolute atomic E-state index is 0.0928. The molecule has 0 N–H and O–H groups in total. The predicted octanol–water partition coefficient (Wildman–Crippen LogP) is 2.29. The lowest BCUT2D eigenvalue weighted by Gasteiger charge is -2.23. The largest absolute Gasteiger partial charge is 0.383 e. The highest BCUT2D eigenvalue weighted by Gasteiger charge is 2.33. The van der Waals surface area contributed by atoms with E-state index in [4.69, 9.17) is 9.47 Å². The molecule has 0 saturated heterocycles. The number of hydrogen-bond acceptors (Lipinski definition) is 4. The predicted molar refractivity (Wildman–Crippen MR) is 71.8 cm³/mol. The molecule has 6 heteroatoms. The van der Waals surface area contributed by atoms with Crippen molar-refractivity contribution in [2.45, 2.75) is 32.9 Å². The van der Waals surface area contributed by atoms with Gasteiger partial charge in [0, 0.05) is 13.7 Å². The summed E-state index contributed by atoms with van der Waals surface area (Å²) in [7, 11) is 1.62. The Kier molecular flexibility index (Phi) is 5.49. The van der Waals surface area contributed by atoms with Crippen molar-refractivity contribution in [1.82, 2.24) is 9.78 Å². The molecule has 0 aliphatic rings. The Morgan fingerprint density at radius 3 is 2.78 bits per heavy atom. The van der Waals surface area contributed by atoms with Gasteiger partial charge in [-0.15, -0.1) is 0 Å². The van der Waals surface area contributed by atoms with E-state index in [9.17, 15) is 4.79 Å². The molecule has 0 atom stereocenters. The fourth-order valence-corrected chi connectivity index (χ4v) is 2.12. The Balaban J connectivity index is 3.00. The van der Waals surface area contributed by atoms with E-state index >= 15 is 0 Å². The van der Waals surface area contributed by atoms with Crippen LogP contribution < -0.4 is 0 Å². The summed E-state index contributed by atoms with van der Waals surface area (Å²) in [6, 6.07) is 0. The first-order valence-electron chi connectivity index (χ1n) is 5.83. The third-order valence-electron chi connectivity index (χ3n) is 2.57. The Labute approximate surface area is 116 Å². The summed E-state index contributed by atoms with van der Waals surface area (Å²) in [6.07, 6.45) is 1.62. The van der Waals surface area contributed by atoms with Crippen LogP contribution >= 0.6 is 15.9 Å². The maximum Gasteiger partial charge on any atom is 0.213 e. The Hall–Kier alpha value is -0.720. The van der Waals surface area contributed by atoms with E-state index in [1.165, 1.54) is 0 Å². The number of aromatic nitrogens is 2. The van der Waals surface area contributed by atoms with Gasteiger partial charge in [-0.2, -0.15) is 5.10 Å². The molecule has 0 spiro atoms. The lowest BCUT2D eigenvalue weighted by molar-refractivity contribution is 0.000295. The van der Waals surface area contributed by atoms with Crippen LogP contribution in [0.15, 0.2) is 10.7 Å². The third-order valence-corrected chi connectivity index (χ3v) is 3.15. The fraction of sp³-hybridized carbons (Fsp3) is 0.667. The minimum Gasteiger partial charge on any atom is -0.383 e. The Morgan fingerprint density at radius 2 is 2.22 bits per heavy atom. The molecule has 0 aromatic carbocycles. The maximum absolute atomic E-state index is 12.5. The summed E-state index contributed by atoms with van der Waals surface area (Å²) in [4.78, 5) is 12.5. The van der Waals surface area contributed by atoms with E-state index in [1.54, 1.807) is 31.8 Å². The first-order valence-corrected chi connectivity index (χ1v) is 6.62. The van der Waals surface area contributed by atoms with E-state index in [-0.39, 0.29) is 5.78 Å². The van der Waals surface area contributed by atoms with Crippen LogP contribution in [0.25, 0.3) is 0 Å². The van der Waals surface area contributed by atoms with Crippen LogP contribution in [0.5, 0.6) is 0 Å². The normalized spacial score (nSPS) is 11.8. The molecule has 0 aliphatic carbocycles. The quantitative estimate of drug-likeness (QED) is 0.724. The second-order valence-electron chi connectivity index (χ2n) is 4.33. The molecule has 0 saturated carbocycles. The zero-order valence-electron chi connectivity index (χ0n) is 11.2. The number of carbonyl (C=O) groups is 1. The van der Waals surface area contributed by atoms with Gasteiger partial charge >= 0.3 is 0 Å². The van der Waals surface area contributed by atoms with Gasteiger partial charge in [-0.3, -0.25) is 9.48 Å². The number of ether oxygens (including phenoxy) is 2. The van der Waals surface area contributed by atoms with Crippen molar-refractivity contribution in [1.29, 1.82) is 0 Å². The second-order valence-corrected chi connectivity index (χ2v) is 5.18. The zero-order valence-corrected chi connectivity index (χ0v) is 12.8. The number of halogens is 1. The van der Waals surface area contributed by atoms with Crippen molar-refractivity contribution in [2.75, 3.05) is 20.3 Å².